The van der Waals surface area contributed by atoms with Crippen molar-refractivity contribution < 1.29 is 0 Å². The Balaban J connectivity index is 3.07. The molecule has 2 N–H and O–H groups in total. The first-order chi connectivity index (χ1) is 7.54. The highest BCUT2D eigenvalue weighted by atomic mass is 16.2. The third-order valence-corrected chi connectivity index (χ3v) is 2.42. The van der Waals surface area contributed by atoms with Crippen LogP contribution in [-0.4, -0.2) is 15.0 Å². The maximum atomic E-state index is 11.2. The van der Waals surface area contributed by atoms with Gasteiger partial charge in [0.1, 0.15) is 6.07 Å². The van der Waals surface area contributed by atoms with Gasteiger partial charge in [-0.1, -0.05) is 0 Å². The Morgan fingerprint density at radius 3 is 2.44 bits per heavy atom. The fourth-order valence-electron chi connectivity index (χ4n) is 1.60. The summed E-state index contributed by atoms with van der Waals surface area (Å²) in [7, 11) is 0. The van der Waals surface area contributed by atoms with E-state index >= 15 is 0 Å². The van der Waals surface area contributed by atoms with Crippen LogP contribution in [0.15, 0.2) is 9.59 Å². The fraction of sp³-hybridized carbons (Fsp3) is 0.200. The maximum absolute atomic E-state index is 11.2. The number of aromatic nitrogens is 3. The largest absolute Gasteiger partial charge is 0.315 e. The van der Waals surface area contributed by atoms with Gasteiger partial charge in [-0.2, -0.15) is 5.26 Å². The second-order valence-corrected chi connectivity index (χ2v) is 3.44. The summed E-state index contributed by atoms with van der Waals surface area (Å²) >= 11 is 0. The molecule has 0 aliphatic rings. The predicted molar refractivity (Wildman–Crippen MR) is 57.2 cm³/mol. The average molecular weight is 216 g/mol. The molecule has 0 saturated heterocycles. The summed E-state index contributed by atoms with van der Waals surface area (Å²) in [6.07, 6.45) is 0. The molecule has 2 rings (SSSR count). The lowest BCUT2D eigenvalue weighted by atomic mass is 10.1. The van der Waals surface area contributed by atoms with Crippen LogP contribution in [-0.2, 0) is 0 Å². The van der Waals surface area contributed by atoms with Gasteiger partial charge in [0.15, 0.2) is 5.65 Å². The lowest BCUT2D eigenvalue weighted by Crippen LogP contribution is -2.29. The number of H-pyrrole nitrogens is 2. The first kappa shape index (κ1) is 10.1. The zero-order chi connectivity index (χ0) is 11.9. The Hall–Kier alpha value is -2.42. The summed E-state index contributed by atoms with van der Waals surface area (Å²) in [6.45, 7) is 3.37. The minimum atomic E-state index is -0.747. The van der Waals surface area contributed by atoms with Crippen LogP contribution >= 0.6 is 0 Å². The normalized spacial score (nSPS) is 10.3. The highest BCUT2D eigenvalue weighted by Crippen LogP contribution is 2.16. The number of hydrogen-bond donors (Lipinski definition) is 2. The van der Waals surface area contributed by atoms with Gasteiger partial charge >= 0.3 is 11.1 Å². The quantitative estimate of drug-likeness (QED) is 0.609. The Morgan fingerprint density at radius 2 is 1.81 bits per heavy atom. The number of rotatable bonds is 0. The second-order valence-electron chi connectivity index (χ2n) is 3.44. The van der Waals surface area contributed by atoms with Crippen molar-refractivity contribution in [1.29, 1.82) is 5.26 Å². The molecule has 0 amide bonds. The Bertz CT molecular complexity index is 733. The molecule has 80 valence electrons. The Labute approximate surface area is 89.6 Å². The van der Waals surface area contributed by atoms with Gasteiger partial charge in [-0.05, 0) is 19.4 Å². The lowest BCUT2D eigenvalue weighted by Gasteiger charge is -2.05. The molecule has 2 heterocycles. The number of aryl methyl sites for hydroxylation is 2. The van der Waals surface area contributed by atoms with E-state index in [0.717, 1.165) is 0 Å². The number of pyridine rings is 1. The van der Waals surface area contributed by atoms with E-state index in [-0.39, 0.29) is 0 Å². The highest BCUT2D eigenvalue weighted by Gasteiger charge is 2.10. The number of nitriles is 1. The molecule has 6 nitrogen and oxygen atoms in total. The smallest absolute Gasteiger partial charge is 0.314 e. The van der Waals surface area contributed by atoms with Gasteiger partial charge in [-0.3, -0.25) is 9.59 Å². The summed E-state index contributed by atoms with van der Waals surface area (Å²) in [5.41, 5.74) is 0.739. The van der Waals surface area contributed by atoms with Crippen molar-refractivity contribution in [2.45, 2.75) is 13.8 Å². The van der Waals surface area contributed by atoms with Crippen molar-refractivity contribution in [3.05, 3.63) is 37.5 Å². The summed E-state index contributed by atoms with van der Waals surface area (Å²) in [6, 6.07) is 2.01. The van der Waals surface area contributed by atoms with Gasteiger partial charge in [0, 0.05) is 0 Å². The molecule has 0 aromatic carbocycles. The van der Waals surface area contributed by atoms with Crippen molar-refractivity contribution in [2.75, 3.05) is 0 Å². The summed E-state index contributed by atoms with van der Waals surface area (Å²) in [4.78, 5) is 31.1. The van der Waals surface area contributed by atoms with E-state index in [4.69, 9.17) is 5.26 Å². The molecule has 6 heteroatoms. The molecule has 16 heavy (non-hydrogen) atoms. The van der Waals surface area contributed by atoms with E-state index in [9.17, 15) is 9.59 Å². The van der Waals surface area contributed by atoms with Gasteiger partial charge in [0.05, 0.1) is 16.8 Å². The summed E-state index contributed by atoms with van der Waals surface area (Å²) in [5.74, 6) is 0. The van der Waals surface area contributed by atoms with Gasteiger partial charge in [-0.25, -0.2) is 4.98 Å². The lowest BCUT2D eigenvalue weighted by molar-refractivity contribution is 1.08. The van der Waals surface area contributed by atoms with Gasteiger partial charge in [0.25, 0.3) is 0 Å². The maximum Gasteiger partial charge on any atom is 0.315 e. The molecular weight excluding hydrogens is 208 g/mol. The fourth-order valence-corrected chi connectivity index (χ4v) is 1.60. The third-order valence-electron chi connectivity index (χ3n) is 2.42. The van der Waals surface area contributed by atoms with Crippen LogP contribution in [0.5, 0.6) is 0 Å². The molecule has 2 aromatic heterocycles. The zero-order valence-electron chi connectivity index (χ0n) is 8.71. The van der Waals surface area contributed by atoms with E-state index < -0.39 is 11.1 Å². The van der Waals surface area contributed by atoms with Crippen LogP contribution in [0.1, 0.15) is 16.8 Å². The Kier molecular flexibility index (Phi) is 2.09. The second kappa shape index (κ2) is 3.31. The van der Waals surface area contributed by atoms with Gasteiger partial charge in [0.2, 0.25) is 0 Å². The molecule has 2 aromatic rings. The standard InChI is InChI=1S/C10H8N4O2/c1-4-6(3-11)5(2)12-8-7(4)13-9(15)10(16)14-8/h1-2H3,(H,13,15)(H,12,14,16). The monoisotopic (exact) mass is 216 g/mol. The average Bonchev–Trinajstić information content (AvgIpc) is 2.22. The van der Waals surface area contributed by atoms with Crippen LogP contribution in [0.3, 0.4) is 0 Å². The van der Waals surface area contributed by atoms with E-state index in [1.807, 2.05) is 6.07 Å². The number of fused-ring (bicyclic) bond motifs is 1. The molecule has 0 saturated carbocycles. The van der Waals surface area contributed by atoms with Crippen LogP contribution in [0, 0.1) is 25.2 Å². The molecule has 0 atom stereocenters. The SMILES string of the molecule is Cc1nc2[nH]c(=O)c(=O)[nH]c2c(C)c1C#N. The molecule has 0 spiro atoms. The van der Waals surface area contributed by atoms with E-state index in [2.05, 4.69) is 15.0 Å². The van der Waals surface area contributed by atoms with Crippen LogP contribution in [0.4, 0.5) is 0 Å². The number of aromatic amines is 2. The molecule has 0 bridgehead atoms. The van der Waals surface area contributed by atoms with E-state index in [1.165, 1.54) is 0 Å². The molecule has 0 unspecified atom stereocenters. The van der Waals surface area contributed by atoms with E-state index in [1.54, 1.807) is 13.8 Å². The number of nitrogens with zero attached hydrogens (tertiary/aromatic N) is 2. The predicted octanol–water partition coefficient (Wildman–Crippen LogP) is 0.0999. The van der Waals surface area contributed by atoms with Crippen molar-refractivity contribution in [2.24, 2.45) is 0 Å². The van der Waals surface area contributed by atoms with Crippen molar-refractivity contribution in [1.82, 2.24) is 15.0 Å². The zero-order valence-corrected chi connectivity index (χ0v) is 8.71. The molecular formula is C10H8N4O2. The molecule has 0 aliphatic heterocycles. The molecule has 0 fully saturated rings. The molecule has 0 aliphatic carbocycles. The van der Waals surface area contributed by atoms with Crippen LogP contribution < -0.4 is 11.1 Å². The van der Waals surface area contributed by atoms with Gasteiger partial charge < -0.3 is 9.97 Å². The molecule has 0 radical (unpaired) electrons. The number of hydrogen-bond acceptors (Lipinski definition) is 4. The van der Waals surface area contributed by atoms with Crippen molar-refractivity contribution in [3.63, 3.8) is 0 Å². The van der Waals surface area contributed by atoms with Crippen molar-refractivity contribution in [3.8, 4) is 6.07 Å². The highest BCUT2D eigenvalue weighted by molar-refractivity contribution is 5.76. The third kappa shape index (κ3) is 1.30. The van der Waals surface area contributed by atoms with Crippen LogP contribution in [0.25, 0.3) is 11.2 Å². The topological polar surface area (TPSA) is 102 Å². The summed E-state index contributed by atoms with van der Waals surface area (Å²) < 4.78 is 0. The Morgan fingerprint density at radius 1 is 1.19 bits per heavy atom. The summed E-state index contributed by atoms with van der Waals surface area (Å²) in [5, 5.41) is 8.93. The van der Waals surface area contributed by atoms with E-state index in [0.29, 0.717) is 28.0 Å². The van der Waals surface area contributed by atoms with Gasteiger partial charge in [-0.15, -0.1) is 0 Å². The first-order valence-electron chi connectivity index (χ1n) is 4.58. The minimum absolute atomic E-state index is 0.290. The first-order valence-corrected chi connectivity index (χ1v) is 4.58. The van der Waals surface area contributed by atoms with Crippen molar-refractivity contribution >= 4 is 11.2 Å². The van der Waals surface area contributed by atoms with Crippen LogP contribution in [0.2, 0.25) is 0 Å². The minimum Gasteiger partial charge on any atom is -0.314 e. The number of nitrogens with one attached hydrogen (secondary N) is 2.